The molecule has 29 heavy (non-hydrogen) atoms. The highest BCUT2D eigenvalue weighted by Crippen LogP contribution is 2.37. The van der Waals surface area contributed by atoms with Crippen molar-refractivity contribution >= 4 is 5.91 Å². The van der Waals surface area contributed by atoms with Gasteiger partial charge in [0.25, 0.3) is 5.91 Å². The third-order valence-electron chi connectivity index (χ3n) is 5.17. The fourth-order valence-corrected chi connectivity index (χ4v) is 3.78. The maximum absolute atomic E-state index is 13.1. The van der Waals surface area contributed by atoms with E-state index in [-0.39, 0.29) is 24.4 Å². The molecular weight excluding hydrogens is 372 g/mol. The molecule has 5 rings (SSSR count). The van der Waals surface area contributed by atoms with Gasteiger partial charge in [0.1, 0.15) is 6.07 Å². The Morgan fingerprint density at radius 3 is 3.00 bits per heavy atom. The summed E-state index contributed by atoms with van der Waals surface area (Å²) in [5.41, 5.74) is 2.08. The van der Waals surface area contributed by atoms with Crippen molar-refractivity contribution in [2.45, 2.75) is 18.9 Å². The van der Waals surface area contributed by atoms with Crippen molar-refractivity contribution < 1.29 is 18.8 Å². The Balaban J connectivity index is 1.42. The zero-order valence-electron chi connectivity index (χ0n) is 15.4. The quantitative estimate of drug-likeness (QED) is 0.678. The predicted molar refractivity (Wildman–Crippen MR) is 100 cm³/mol. The monoisotopic (exact) mass is 388 g/mol. The smallest absolute Gasteiger partial charge is 0.276 e. The lowest BCUT2D eigenvalue weighted by atomic mass is 10.1. The molecule has 2 aliphatic rings. The Bertz CT molecular complexity index is 1130. The number of fused-ring (bicyclic) bond motifs is 1. The Morgan fingerprint density at radius 2 is 2.10 bits per heavy atom. The number of likely N-dealkylation sites (tertiary alicyclic amines) is 1. The van der Waals surface area contributed by atoms with Gasteiger partial charge in [-0.15, -0.1) is 0 Å². The number of aromatic nitrogens is 2. The fraction of sp³-hybridized carbons (Fsp3) is 0.238. The van der Waals surface area contributed by atoms with E-state index in [2.05, 4.69) is 16.2 Å². The van der Waals surface area contributed by atoms with Crippen LogP contribution in [0.2, 0.25) is 0 Å². The summed E-state index contributed by atoms with van der Waals surface area (Å²) in [7, 11) is 0. The number of carbonyl (C=O) groups excluding carboxylic acids is 1. The summed E-state index contributed by atoms with van der Waals surface area (Å²) in [6, 6.07) is 12.4. The lowest BCUT2D eigenvalue weighted by molar-refractivity contribution is 0.0722. The molecule has 2 aromatic heterocycles. The number of hydrogen-bond donors (Lipinski definition) is 0. The van der Waals surface area contributed by atoms with Crippen molar-refractivity contribution in [1.29, 1.82) is 5.26 Å². The molecule has 1 unspecified atom stereocenters. The van der Waals surface area contributed by atoms with Gasteiger partial charge in [-0.25, -0.2) is 0 Å². The summed E-state index contributed by atoms with van der Waals surface area (Å²) in [5, 5.41) is 13.4. The Kier molecular flexibility index (Phi) is 4.13. The van der Waals surface area contributed by atoms with Gasteiger partial charge < -0.3 is 18.9 Å². The number of carbonyl (C=O) groups is 1. The van der Waals surface area contributed by atoms with Crippen molar-refractivity contribution in [3.8, 4) is 28.9 Å². The lowest BCUT2D eigenvalue weighted by Crippen LogP contribution is -2.31. The first-order chi connectivity index (χ1) is 14.2. The van der Waals surface area contributed by atoms with Gasteiger partial charge in [0.15, 0.2) is 23.0 Å². The van der Waals surface area contributed by atoms with E-state index in [9.17, 15) is 10.1 Å². The zero-order valence-corrected chi connectivity index (χ0v) is 15.4. The van der Waals surface area contributed by atoms with Gasteiger partial charge in [-0.1, -0.05) is 5.16 Å². The van der Waals surface area contributed by atoms with E-state index in [0.29, 0.717) is 35.1 Å². The number of nitrogens with zero attached hydrogens (tertiary/aromatic N) is 4. The van der Waals surface area contributed by atoms with Crippen LogP contribution in [0.15, 0.2) is 47.1 Å². The van der Waals surface area contributed by atoms with Gasteiger partial charge in [0, 0.05) is 24.4 Å². The standard InChI is InChI=1S/C21H16N4O4/c22-11-14-3-1-7-23-20(14)16-4-2-8-25(16)21(26)15-10-18(29-24-15)13-5-6-17-19(9-13)28-12-27-17/h1,3,5-7,9-10,16H,2,4,8,12H2. The lowest BCUT2D eigenvalue weighted by Gasteiger charge is -2.23. The Morgan fingerprint density at radius 1 is 1.21 bits per heavy atom. The van der Waals surface area contributed by atoms with Crippen LogP contribution in [0.25, 0.3) is 11.3 Å². The largest absolute Gasteiger partial charge is 0.454 e. The minimum atomic E-state index is -0.246. The van der Waals surface area contributed by atoms with E-state index in [1.807, 2.05) is 6.07 Å². The summed E-state index contributed by atoms with van der Waals surface area (Å²) in [6.45, 7) is 0.768. The first-order valence-corrected chi connectivity index (χ1v) is 9.27. The molecule has 0 saturated carbocycles. The van der Waals surface area contributed by atoms with E-state index < -0.39 is 0 Å². The minimum Gasteiger partial charge on any atom is -0.454 e. The van der Waals surface area contributed by atoms with E-state index in [0.717, 1.165) is 18.4 Å². The van der Waals surface area contributed by atoms with Gasteiger partial charge in [0.2, 0.25) is 6.79 Å². The highest BCUT2D eigenvalue weighted by molar-refractivity contribution is 5.93. The summed E-state index contributed by atoms with van der Waals surface area (Å²) < 4.78 is 16.1. The highest BCUT2D eigenvalue weighted by atomic mass is 16.7. The van der Waals surface area contributed by atoms with Crippen molar-refractivity contribution in [3.05, 3.63) is 59.5 Å². The molecule has 0 spiro atoms. The van der Waals surface area contributed by atoms with Crippen LogP contribution in [0.1, 0.15) is 40.6 Å². The number of benzene rings is 1. The number of amides is 1. The molecular formula is C21H16N4O4. The number of rotatable bonds is 3. The van der Waals surface area contributed by atoms with Crippen LogP contribution in [0.4, 0.5) is 0 Å². The summed E-state index contributed by atoms with van der Waals surface area (Å²) in [4.78, 5) is 19.2. The topological polar surface area (TPSA) is 101 Å². The fourth-order valence-electron chi connectivity index (χ4n) is 3.78. The van der Waals surface area contributed by atoms with Crippen LogP contribution in [0.3, 0.4) is 0 Å². The normalized spacial score (nSPS) is 17.3. The summed E-state index contributed by atoms with van der Waals surface area (Å²) in [5.74, 6) is 1.54. The maximum Gasteiger partial charge on any atom is 0.276 e. The molecule has 8 heteroatoms. The zero-order chi connectivity index (χ0) is 19.8. The van der Waals surface area contributed by atoms with Gasteiger partial charge in [-0.2, -0.15) is 5.26 Å². The molecule has 1 atom stereocenters. The van der Waals surface area contributed by atoms with Gasteiger partial charge in [0.05, 0.1) is 17.3 Å². The molecule has 8 nitrogen and oxygen atoms in total. The van der Waals surface area contributed by atoms with Gasteiger partial charge >= 0.3 is 0 Å². The van der Waals surface area contributed by atoms with Crippen LogP contribution in [-0.4, -0.2) is 34.3 Å². The molecule has 3 aromatic rings. The molecule has 2 aliphatic heterocycles. The van der Waals surface area contributed by atoms with E-state index in [1.54, 1.807) is 41.4 Å². The third-order valence-corrected chi connectivity index (χ3v) is 5.17. The molecule has 0 radical (unpaired) electrons. The molecule has 1 saturated heterocycles. The molecule has 1 fully saturated rings. The van der Waals surface area contributed by atoms with Gasteiger partial charge in [-0.3, -0.25) is 9.78 Å². The van der Waals surface area contributed by atoms with Crippen LogP contribution < -0.4 is 9.47 Å². The Labute approximate surface area is 166 Å². The average Bonchev–Trinajstić information content (AvgIpc) is 3.52. The van der Waals surface area contributed by atoms with E-state index in [4.69, 9.17) is 14.0 Å². The number of nitriles is 1. The van der Waals surface area contributed by atoms with E-state index in [1.165, 1.54) is 0 Å². The van der Waals surface area contributed by atoms with Crippen molar-refractivity contribution in [2.24, 2.45) is 0 Å². The van der Waals surface area contributed by atoms with Crippen molar-refractivity contribution in [1.82, 2.24) is 15.0 Å². The first-order valence-electron chi connectivity index (χ1n) is 9.27. The number of ether oxygens (including phenoxy) is 2. The second-order valence-corrected chi connectivity index (χ2v) is 6.85. The second-order valence-electron chi connectivity index (χ2n) is 6.85. The number of pyridine rings is 1. The number of hydrogen-bond acceptors (Lipinski definition) is 7. The van der Waals surface area contributed by atoms with Crippen LogP contribution in [-0.2, 0) is 0 Å². The molecule has 4 heterocycles. The SMILES string of the molecule is N#Cc1cccnc1C1CCCN1C(=O)c1cc(-c2ccc3c(c2)OCO3)on1. The first kappa shape index (κ1) is 17.3. The van der Waals surface area contributed by atoms with Crippen LogP contribution in [0.5, 0.6) is 11.5 Å². The predicted octanol–water partition coefficient (Wildman–Crippen LogP) is 3.31. The molecule has 0 aliphatic carbocycles. The third kappa shape index (κ3) is 2.97. The Hall–Kier alpha value is -3.86. The molecule has 1 amide bonds. The summed E-state index contributed by atoms with van der Waals surface area (Å²) >= 11 is 0. The summed E-state index contributed by atoms with van der Waals surface area (Å²) in [6.07, 6.45) is 3.24. The molecule has 0 N–H and O–H groups in total. The highest BCUT2D eigenvalue weighted by Gasteiger charge is 2.34. The molecule has 1 aromatic carbocycles. The van der Waals surface area contributed by atoms with Crippen LogP contribution >= 0.6 is 0 Å². The van der Waals surface area contributed by atoms with Gasteiger partial charge in [-0.05, 0) is 43.2 Å². The molecule has 144 valence electrons. The van der Waals surface area contributed by atoms with Crippen LogP contribution in [0, 0.1) is 11.3 Å². The average molecular weight is 388 g/mol. The minimum absolute atomic E-state index is 0.188. The van der Waals surface area contributed by atoms with E-state index >= 15 is 0 Å². The molecule has 0 bridgehead atoms. The van der Waals surface area contributed by atoms with Crippen molar-refractivity contribution in [3.63, 3.8) is 0 Å². The second kappa shape index (κ2) is 6.95. The van der Waals surface area contributed by atoms with Crippen molar-refractivity contribution in [2.75, 3.05) is 13.3 Å². The maximum atomic E-state index is 13.1.